The van der Waals surface area contributed by atoms with Gasteiger partial charge in [0.2, 0.25) is 0 Å². The number of carboxylic acid groups (broad SMARTS) is 1. The van der Waals surface area contributed by atoms with E-state index in [4.69, 9.17) is 9.57 Å². The van der Waals surface area contributed by atoms with Crippen molar-refractivity contribution in [3.63, 3.8) is 0 Å². The van der Waals surface area contributed by atoms with Gasteiger partial charge < -0.3 is 9.84 Å². The lowest BCUT2D eigenvalue weighted by atomic mass is 9.99. The first-order chi connectivity index (χ1) is 17.3. The van der Waals surface area contributed by atoms with Crippen molar-refractivity contribution in [2.24, 2.45) is 0 Å². The van der Waals surface area contributed by atoms with E-state index in [2.05, 4.69) is 0 Å². The summed E-state index contributed by atoms with van der Waals surface area (Å²) >= 11 is 0. The number of ether oxygens (including phenoxy) is 1. The molecule has 200 valence electrons. The summed E-state index contributed by atoms with van der Waals surface area (Å²) in [7, 11) is -4.37. The molecule has 0 unspecified atom stereocenters. The summed E-state index contributed by atoms with van der Waals surface area (Å²) in [5.74, 6) is -1.24. The summed E-state index contributed by atoms with van der Waals surface area (Å²) in [6, 6.07) is 11.0. The number of carboxylic acids is 1. The average molecular weight is 536 g/mol. The van der Waals surface area contributed by atoms with Gasteiger partial charge in [-0.3, -0.25) is 19.9 Å². The van der Waals surface area contributed by atoms with Crippen molar-refractivity contribution in [1.29, 1.82) is 0 Å². The van der Waals surface area contributed by atoms with Crippen LogP contribution in [0.25, 0.3) is 0 Å². The van der Waals surface area contributed by atoms with Crippen LogP contribution in [0.3, 0.4) is 0 Å². The molecule has 0 spiro atoms. The zero-order valence-electron chi connectivity index (χ0n) is 20.6. The fourth-order valence-corrected chi connectivity index (χ4v) is 5.27. The van der Waals surface area contributed by atoms with Crippen molar-refractivity contribution in [3.05, 3.63) is 70.3 Å². The monoisotopic (exact) mass is 535 g/mol. The van der Waals surface area contributed by atoms with E-state index in [0.29, 0.717) is 5.56 Å². The third-order valence-electron chi connectivity index (χ3n) is 5.55. The highest BCUT2D eigenvalue weighted by Gasteiger charge is 2.43. The molecule has 0 radical (unpaired) electrons. The molecule has 12 nitrogen and oxygen atoms in total. The number of amides is 1. The van der Waals surface area contributed by atoms with E-state index >= 15 is 0 Å². The Kier molecular flexibility index (Phi) is 8.51. The molecule has 1 fully saturated rings. The van der Waals surface area contributed by atoms with Crippen molar-refractivity contribution in [3.8, 4) is 0 Å². The summed E-state index contributed by atoms with van der Waals surface area (Å²) in [6.07, 6.45) is -0.849. The van der Waals surface area contributed by atoms with Gasteiger partial charge in [-0.25, -0.2) is 18.0 Å². The molecule has 2 atom stereocenters. The van der Waals surface area contributed by atoms with Crippen LogP contribution in [-0.4, -0.2) is 64.1 Å². The molecule has 0 aromatic heterocycles. The number of carbonyl (C=O) groups is 2. The molecule has 3 rings (SSSR count). The van der Waals surface area contributed by atoms with Gasteiger partial charge in [-0.05, 0) is 51.3 Å². The Labute approximate surface area is 214 Å². The number of benzene rings is 2. The van der Waals surface area contributed by atoms with Gasteiger partial charge in [-0.15, -0.1) is 0 Å². The molecule has 1 aliphatic heterocycles. The Balaban J connectivity index is 1.96. The first-order valence-corrected chi connectivity index (χ1v) is 12.9. The smallest absolute Gasteiger partial charge is 0.411 e. The predicted molar refractivity (Wildman–Crippen MR) is 131 cm³/mol. The maximum Gasteiger partial charge on any atom is 0.411 e. The number of rotatable bonds is 8. The van der Waals surface area contributed by atoms with E-state index in [0.717, 1.165) is 33.6 Å². The fraction of sp³-hybridized carbons (Fsp3) is 0.417. The molecular formula is C24H29N3O9S. The lowest BCUT2D eigenvalue weighted by molar-refractivity contribution is -0.384. The van der Waals surface area contributed by atoms with Gasteiger partial charge in [0, 0.05) is 18.7 Å². The first-order valence-electron chi connectivity index (χ1n) is 11.5. The highest BCUT2D eigenvalue weighted by Crippen LogP contribution is 2.29. The molecule has 1 heterocycles. The van der Waals surface area contributed by atoms with Gasteiger partial charge >= 0.3 is 12.1 Å². The van der Waals surface area contributed by atoms with E-state index < -0.39 is 44.7 Å². The largest absolute Gasteiger partial charge is 0.480 e. The highest BCUT2D eigenvalue weighted by atomic mass is 32.2. The van der Waals surface area contributed by atoms with Gasteiger partial charge in [0.25, 0.3) is 15.7 Å². The number of non-ortho nitro benzene ring substituents is 1. The molecule has 1 N–H and O–H groups in total. The van der Waals surface area contributed by atoms with Crippen molar-refractivity contribution < 1.29 is 37.6 Å². The Bertz CT molecular complexity index is 1230. The number of nitrogens with zero attached hydrogens (tertiary/aromatic N) is 3. The van der Waals surface area contributed by atoms with E-state index in [1.807, 2.05) is 0 Å². The van der Waals surface area contributed by atoms with Crippen LogP contribution in [0.2, 0.25) is 0 Å². The minimum absolute atomic E-state index is 0.0414. The van der Waals surface area contributed by atoms with Crippen LogP contribution in [0.4, 0.5) is 10.5 Å². The normalized spacial score (nSPS) is 18.4. The van der Waals surface area contributed by atoms with Crippen molar-refractivity contribution in [1.82, 2.24) is 9.37 Å². The Morgan fingerprint density at radius 3 is 2.27 bits per heavy atom. The fourth-order valence-electron chi connectivity index (χ4n) is 3.83. The Morgan fingerprint density at radius 2 is 1.73 bits per heavy atom. The second-order valence-electron chi connectivity index (χ2n) is 9.49. The van der Waals surface area contributed by atoms with E-state index in [1.165, 1.54) is 0 Å². The minimum atomic E-state index is -4.37. The molecular weight excluding hydrogens is 506 g/mol. The third-order valence-corrected chi connectivity index (χ3v) is 7.30. The summed E-state index contributed by atoms with van der Waals surface area (Å²) in [6.45, 7) is 4.48. The minimum Gasteiger partial charge on any atom is -0.480 e. The number of sulfonamides is 1. The van der Waals surface area contributed by atoms with E-state index in [9.17, 15) is 33.2 Å². The number of likely N-dealkylation sites (tertiary alicyclic amines) is 1. The maximum atomic E-state index is 13.6. The molecule has 0 saturated carbocycles. The number of hydrogen-bond donors (Lipinski definition) is 1. The molecule has 2 aromatic rings. The van der Waals surface area contributed by atoms with Gasteiger partial charge in [0.05, 0.1) is 22.5 Å². The summed E-state index contributed by atoms with van der Waals surface area (Å²) < 4.78 is 33.4. The van der Waals surface area contributed by atoms with Crippen LogP contribution in [0.15, 0.2) is 59.5 Å². The van der Waals surface area contributed by atoms with Crippen LogP contribution >= 0.6 is 0 Å². The zero-order valence-corrected chi connectivity index (χ0v) is 21.5. The molecule has 2 aromatic carbocycles. The van der Waals surface area contributed by atoms with Gasteiger partial charge in [0.15, 0.2) is 0 Å². The molecule has 0 bridgehead atoms. The predicted octanol–water partition coefficient (Wildman–Crippen LogP) is 3.57. The van der Waals surface area contributed by atoms with Crippen LogP contribution in [0.1, 0.15) is 39.2 Å². The Morgan fingerprint density at radius 1 is 1.11 bits per heavy atom. The van der Waals surface area contributed by atoms with Crippen molar-refractivity contribution in [2.45, 2.75) is 62.8 Å². The van der Waals surface area contributed by atoms with Crippen molar-refractivity contribution in [2.75, 3.05) is 6.54 Å². The number of nitro groups is 1. The Hall–Kier alpha value is -3.55. The molecule has 13 heteroatoms. The average Bonchev–Trinajstić information content (AvgIpc) is 2.83. The standard InChI is InChI=1S/C24H29N3O9S/c1-24(2,3)36-23(30)25-15-19(11-14-21(25)22(28)29)27(35-16-17-7-5-4-6-8-17)37(33,34)20-12-9-18(10-13-20)26(31)32/h4-10,12-13,19,21H,11,14-16H2,1-3H3,(H,28,29)/t19-,21+/m1/s1. The summed E-state index contributed by atoms with van der Waals surface area (Å²) in [4.78, 5) is 41.6. The number of hydroxylamine groups is 1. The summed E-state index contributed by atoms with van der Waals surface area (Å²) in [5, 5.41) is 20.7. The van der Waals surface area contributed by atoms with Crippen LogP contribution < -0.4 is 0 Å². The molecule has 1 saturated heterocycles. The zero-order chi connectivity index (χ0) is 27.4. The first kappa shape index (κ1) is 28.0. The number of aliphatic carboxylic acids is 1. The molecule has 0 aliphatic carbocycles. The SMILES string of the molecule is CC(C)(C)OC(=O)N1C[C@H](N(OCc2ccccc2)S(=O)(=O)c2ccc([N+](=O)[O-])cc2)CC[C@H]1C(=O)O. The van der Waals surface area contributed by atoms with Crippen LogP contribution in [0, 0.1) is 10.1 Å². The topological polar surface area (TPSA) is 157 Å². The number of hydrogen-bond acceptors (Lipinski definition) is 8. The van der Waals surface area contributed by atoms with Crippen LogP contribution in [0.5, 0.6) is 0 Å². The lowest BCUT2D eigenvalue weighted by Crippen LogP contribution is -2.57. The quantitative estimate of drug-likeness (QED) is 0.394. The maximum absolute atomic E-state index is 13.6. The molecule has 37 heavy (non-hydrogen) atoms. The van der Waals surface area contributed by atoms with Gasteiger partial charge in [-0.2, -0.15) is 0 Å². The second-order valence-corrected chi connectivity index (χ2v) is 11.3. The van der Waals surface area contributed by atoms with E-state index in [-0.39, 0.29) is 36.6 Å². The van der Waals surface area contributed by atoms with Gasteiger partial charge in [-0.1, -0.05) is 34.8 Å². The number of carbonyl (C=O) groups excluding carboxylic acids is 1. The van der Waals surface area contributed by atoms with E-state index in [1.54, 1.807) is 51.1 Å². The lowest BCUT2D eigenvalue weighted by Gasteiger charge is -2.41. The highest BCUT2D eigenvalue weighted by molar-refractivity contribution is 7.89. The van der Waals surface area contributed by atoms with Crippen LogP contribution in [-0.2, 0) is 31.0 Å². The van der Waals surface area contributed by atoms with Crippen molar-refractivity contribution >= 4 is 27.8 Å². The number of nitro benzene ring substituents is 1. The summed E-state index contributed by atoms with van der Waals surface area (Å²) in [5.41, 5.74) is -0.509. The molecule has 1 aliphatic rings. The molecule has 1 amide bonds. The third kappa shape index (κ3) is 7.02. The second kappa shape index (κ2) is 11.2. The van der Waals surface area contributed by atoms with Gasteiger partial charge in [0.1, 0.15) is 11.6 Å². The number of piperidine rings is 1.